The average molecular weight is 126 g/mol. The Morgan fingerprint density at radius 2 is 2.56 bits per heavy atom. The summed E-state index contributed by atoms with van der Waals surface area (Å²) >= 11 is 0. The average Bonchev–Trinajstić information content (AvgIpc) is 2.37. The van der Waals surface area contributed by atoms with Gasteiger partial charge in [-0.25, -0.2) is 0 Å². The van der Waals surface area contributed by atoms with E-state index >= 15 is 0 Å². The molecule has 1 rings (SSSR count). The Bertz CT molecular complexity index is 95.1. The van der Waals surface area contributed by atoms with Crippen LogP contribution in [0.15, 0.2) is 12.7 Å². The molecule has 1 aliphatic heterocycles. The van der Waals surface area contributed by atoms with Gasteiger partial charge in [0, 0.05) is 12.1 Å². The number of hydrogen-bond donors (Lipinski definition) is 2. The molecule has 2 nitrogen and oxygen atoms in total. The van der Waals surface area contributed by atoms with E-state index in [0.29, 0.717) is 6.04 Å². The van der Waals surface area contributed by atoms with E-state index in [1.54, 1.807) is 0 Å². The normalized spacial score (nSPS) is 30.1. The van der Waals surface area contributed by atoms with Gasteiger partial charge in [0.15, 0.2) is 0 Å². The lowest BCUT2D eigenvalue weighted by atomic mass is 10.1. The maximum absolute atomic E-state index is 5.70. The lowest BCUT2D eigenvalue weighted by Crippen LogP contribution is -2.39. The Kier molecular flexibility index (Phi) is 2.25. The third-order valence-corrected chi connectivity index (χ3v) is 1.84. The highest BCUT2D eigenvalue weighted by molar-refractivity contribution is 4.94. The van der Waals surface area contributed by atoms with E-state index in [1.165, 1.54) is 12.8 Å². The number of nitrogens with one attached hydrogen (secondary N) is 1. The van der Waals surface area contributed by atoms with Gasteiger partial charge in [-0.1, -0.05) is 6.08 Å². The van der Waals surface area contributed by atoms with E-state index in [-0.39, 0.29) is 6.04 Å². The van der Waals surface area contributed by atoms with Gasteiger partial charge in [-0.2, -0.15) is 0 Å². The van der Waals surface area contributed by atoms with Crippen LogP contribution >= 0.6 is 0 Å². The molecule has 3 N–H and O–H groups in total. The topological polar surface area (TPSA) is 38.0 Å². The summed E-state index contributed by atoms with van der Waals surface area (Å²) in [5, 5.41) is 3.31. The predicted molar refractivity (Wildman–Crippen MR) is 39.2 cm³/mol. The predicted octanol–water partition coefficient (Wildman–Crippen LogP) is 0.252. The van der Waals surface area contributed by atoms with Crippen molar-refractivity contribution < 1.29 is 0 Å². The van der Waals surface area contributed by atoms with E-state index < -0.39 is 0 Å². The summed E-state index contributed by atoms with van der Waals surface area (Å²) in [6.45, 7) is 4.76. The van der Waals surface area contributed by atoms with Gasteiger partial charge in [0.05, 0.1) is 0 Å². The van der Waals surface area contributed by atoms with Crippen molar-refractivity contribution in [3.05, 3.63) is 12.7 Å². The molecule has 1 fully saturated rings. The monoisotopic (exact) mass is 126 g/mol. The van der Waals surface area contributed by atoms with Gasteiger partial charge in [0.1, 0.15) is 0 Å². The van der Waals surface area contributed by atoms with E-state index in [0.717, 1.165) is 6.54 Å². The molecule has 0 aromatic carbocycles. The number of nitrogens with two attached hydrogens (primary N) is 1. The van der Waals surface area contributed by atoms with E-state index in [1.807, 2.05) is 6.08 Å². The SMILES string of the molecule is C=CC(N)C1CCCN1. The highest BCUT2D eigenvalue weighted by atomic mass is 15.0. The molecule has 0 aliphatic carbocycles. The molecule has 0 radical (unpaired) electrons. The quantitative estimate of drug-likeness (QED) is 0.520. The van der Waals surface area contributed by atoms with Crippen molar-refractivity contribution in [3.63, 3.8) is 0 Å². The standard InChI is InChI=1S/C7H14N2/c1-2-6(8)7-4-3-5-9-7/h2,6-7,9H,1,3-5,8H2. The second-order valence-electron chi connectivity index (χ2n) is 2.52. The molecular formula is C7H14N2. The second-order valence-corrected chi connectivity index (χ2v) is 2.52. The lowest BCUT2D eigenvalue weighted by molar-refractivity contribution is 0.547. The maximum atomic E-state index is 5.70. The first kappa shape index (κ1) is 6.78. The third-order valence-electron chi connectivity index (χ3n) is 1.84. The van der Waals surface area contributed by atoms with Crippen molar-refractivity contribution in [2.24, 2.45) is 5.73 Å². The zero-order valence-corrected chi connectivity index (χ0v) is 5.64. The van der Waals surface area contributed by atoms with Crippen molar-refractivity contribution in [3.8, 4) is 0 Å². The van der Waals surface area contributed by atoms with E-state index in [9.17, 15) is 0 Å². The molecule has 0 spiro atoms. The van der Waals surface area contributed by atoms with Gasteiger partial charge < -0.3 is 11.1 Å². The van der Waals surface area contributed by atoms with Crippen LogP contribution < -0.4 is 11.1 Å². The van der Waals surface area contributed by atoms with Crippen LogP contribution in [0.4, 0.5) is 0 Å². The van der Waals surface area contributed by atoms with Crippen LogP contribution in [0.2, 0.25) is 0 Å². The zero-order valence-electron chi connectivity index (χ0n) is 5.64. The summed E-state index contributed by atoms with van der Waals surface area (Å²) in [5.41, 5.74) is 5.70. The third kappa shape index (κ3) is 1.53. The summed E-state index contributed by atoms with van der Waals surface area (Å²) in [4.78, 5) is 0. The van der Waals surface area contributed by atoms with Crippen molar-refractivity contribution in [2.45, 2.75) is 24.9 Å². The Labute approximate surface area is 56.1 Å². The molecule has 2 atom stereocenters. The van der Waals surface area contributed by atoms with Crippen LogP contribution in [0.5, 0.6) is 0 Å². The molecule has 0 saturated carbocycles. The summed E-state index contributed by atoms with van der Waals surface area (Å²) in [5.74, 6) is 0. The first-order chi connectivity index (χ1) is 4.34. The Morgan fingerprint density at radius 3 is 3.00 bits per heavy atom. The van der Waals surface area contributed by atoms with Gasteiger partial charge in [-0.3, -0.25) is 0 Å². The molecule has 0 aromatic heterocycles. The molecule has 1 aliphatic rings. The van der Waals surface area contributed by atoms with E-state index in [2.05, 4.69) is 11.9 Å². The van der Waals surface area contributed by atoms with E-state index in [4.69, 9.17) is 5.73 Å². The highest BCUT2D eigenvalue weighted by Crippen LogP contribution is 2.07. The molecule has 2 unspecified atom stereocenters. The van der Waals surface area contributed by atoms with Crippen LogP contribution in [-0.2, 0) is 0 Å². The minimum absolute atomic E-state index is 0.146. The highest BCUT2D eigenvalue weighted by Gasteiger charge is 2.17. The maximum Gasteiger partial charge on any atom is 0.0377 e. The Hall–Kier alpha value is -0.340. The van der Waals surface area contributed by atoms with Crippen molar-refractivity contribution in [1.82, 2.24) is 5.32 Å². The molecular weight excluding hydrogens is 112 g/mol. The van der Waals surface area contributed by atoms with Gasteiger partial charge >= 0.3 is 0 Å². The van der Waals surface area contributed by atoms with Gasteiger partial charge in [-0.05, 0) is 19.4 Å². The van der Waals surface area contributed by atoms with Crippen molar-refractivity contribution in [1.29, 1.82) is 0 Å². The fraction of sp³-hybridized carbons (Fsp3) is 0.714. The summed E-state index contributed by atoms with van der Waals surface area (Å²) in [6, 6.07) is 0.634. The van der Waals surface area contributed by atoms with Crippen LogP contribution in [0, 0.1) is 0 Å². The molecule has 9 heavy (non-hydrogen) atoms. The first-order valence-corrected chi connectivity index (χ1v) is 3.46. The minimum Gasteiger partial charge on any atom is -0.323 e. The molecule has 1 heterocycles. The van der Waals surface area contributed by atoms with Crippen LogP contribution in [0.25, 0.3) is 0 Å². The minimum atomic E-state index is 0.146. The Balaban J connectivity index is 2.32. The first-order valence-electron chi connectivity index (χ1n) is 3.46. The van der Waals surface area contributed by atoms with Crippen LogP contribution in [0.3, 0.4) is 0 Å². The molecule has 0 bridgehead atoms. The van der Waals surface area contributed by atoms with Crippen molar-refractivity contribution >= 4 is 0 Å². The second kappa shape index (κ2) is 2.99. The fourth-order valence-corrected chi connectivity index (χ4v) is 1.20. The summed E-state index contributed by atoms with van der Waals surface area (Å²) in [6.07, 6.45) is 4.27. The number of rotatable bonds is 2. The van der Waals surface area contributed by atoms with Crippen molar-refractivity contribution in [2.75, 3.05) is 6.54 Å². The fourth-order valence-electron chi connectivity index (χ4n) is 1.20. The number of hydrogen-bond acceptors (Lipinski definition) is 2. The molecule has 0 amide bonds. The lowest BCUT2D eigenvalue weighted by Gasteiger charge is -2.14. The van der Waals surface area contributed by atoms with Gasteiger partial charge in [-0.15, -0.1) is 6.58 Å². The summed E-state index contributed by atoms with van der Waals surface area (Å²) < 4.78 is 0. The van der Waals surface area contributed by atoms with Gasteiger partial charge in [0.2, 0.25) is 0 Å². The van der Waals surface area contributed by atoms with Crippen LogP contribution in [-0.4, -0.2) is 18.6 Å². The largest absolute Gasteiger partial charge is 0.323 e. The molecule has 1 saturated heterocycles. The molecule has 0 aromatic rings. The zero-order chi connectivity index (χ0) is 6.69. The molecule has 2 heteroatoms. The Morgan fingerprint density at radius 1 is 1.78 bits per heavy atom. The summed E-state index contributed by atoms with van der Waals surface area (Å²) in [7, 11) is 0. The smallest absolute Gasteiger partial charge is 0.0377 e. The van der Waals surface area contributed by atoms with Crippen LogP contribution in [0.1, 0.15) is 12.8 Å². The molecule has 52 valence electrons. The van der Waals surface area contributed by atoms with Gasteiger partial charge in [0.25, 0.3) is 0 Å².